The quantitative estimate of drug-likeness (QED) is 0.361. The zero-order chi connectivity index (χ0) is 9.56. The molecule has 0 spiro atoms. The minimum Gasteiger partial charge on any atom is -0.432 e. The van der Waals surface area contributed by atoms with Gasteiger partial charge in [0.15, 0.2) is 0 Å². The van der Waals surface area contributed by atoms with Gasteiger partial charge in [-0.2, -0.15) is 0 Å². The Morgan fingerprint density at radius 1 is 1.58 bits per heavy atom. The average molecular weight is 172 g/mol. The van der Waals surface area contributed by atoms with E-state index in [2.05, 4.69) is 6.58 Å². The smallest absolute Gasteiger partial charge is 0.335 e. The molecule has 0 fully saturated rings. The molecule has 3 nitrogen and oxygen atoms in total. The molecule has 1 unspecified atom stereocenters. The van der Waals surface area contributed by atoms with Gasteiger partial charge in [-0.05, 0) is 6.92 Å². The largest absolute Gasteiger partial charge is 0.432 e. The number of methoxy groups -OCH3 is 1. The van der Waals surface area contributed by atoms with Gasteiger partial charge in [-0.1, -0.05) is 19.9 Å². The highest BCUT2D eigenvalue weighted by Crippen LogP contribution is 2.05. The second-order valence-electron chi connectivity index (χ2n) is 2.64. The third-order valence-electron chi connectivity index (χ3n) is 1.37. The number of rotatable bonds is 5. The minimum atomic E-state index is -0.431. The SMILES string of the molecule is C=C(C)C(=O)OC(CCC)OC. The summed E-state index contributed by atoms with van der Waals surface area (Å²) < 4.78 is 9.87. The predicted octanol–water partition coefficient (Wildman–Crippen LogP) is 1.88. The van der Waals surface area contributed by atoms with Gasteiger partial charge in [0.2, 0.25) is 6.29 Å². The van der Waals surface area contributed by atoms with Crippen molar-refractivity contribution < 1.29 is 14.3 Å². The number of esters is 1. The molecule has 3 heteroatoms. The lowest BCUT2D eigenvalue weighted by molar-refractivity contribution is -0.169. The summed E-state index contributed by atoms with van der Waals surface area (Å²) in [5.74, 6) is -0.393. The maximum atomic E-state index is 11.0. The Kier molecular flexibility index (Phi) is 5.37. The van der Waals surface area contributed by atoms with Crippen LogP contribution in [0.15, 0.2) is 12.2 Å². The Labute approximate surface area is 73.4 Å². The second kappa shape index (κ2) is 5.77. The summed E-state index contributed by atoms with van der Waals surface area (Å²) >= 11 is 0. The molecule has 12 heavy (non-hydrogen) atoms. The van der Waals surface area contributed by atoms with Crippen LogP contribution in [0, 0.1) is 0 Å². The normalized spacial score (nSPS) is 12.2. The van der Waals surface area contributed by atoms with Crippen molar-refractivity contribution in [1.82, 2.24) is 0 Å². The molecule has 0 bridgehead atoms. The Morgan fingerprint density at radius 3 is 2.50 bits per heavy atom. The highest BCUT2D eigenvalue weighted by Gasteiger charge is 2.12. The standard InChI is InChI=1S/C9H16O3/c1-5-6-8(11-4)12-9(10)7(2)3/h8H,2,5-6H2,1,3-4H3. The van der Waals surface area contributed by atoms with Crippen molar-refractivity contribution >= 4 is 5.97 Å². The Bertz CT molecular complexity index is 163. The molecule has 0 aliphatic rings. The Morgan fingerprint density at radius 2 is 2.17 bits per heavy atom. The molecule has 70 valence electrons. The summed E-state index contributed by atoms with van der Waals surface area (Å²) in [7, 11) is 1.52. The zero-order valence-electron chi connectivity index (χ0n) is 7.92. The van der Waals surface area contributed by atoms with E-state index in [1.807, 2.05) is 6.92 Å². The van der Waals surface area contributed by atoms with Crippen LogP contribution in [0.2, 0.25) is 0 Å². The number of hydrogen-bond donors (Lipinski definition) is 0. The van der Waals surface area contributed by atoms with Crippen LogP contribution in [0.3, 0.4) is 0 Å². The van der Waals surface area contributed by atoms with Gasteiger partial charge in [-0.25, -0.2) is 4.79 Å². The van der Waals surface area contributed by atoms with Crippen LogP contribution in [0.5, 0.6) is 0 Å². The van der Waals surface area contributed by atoms with Gasteiger partial charge in [0, 0.05) is 19.1 Å². The summed E-state index contributed by atoms with van der Waals surface area (Å²) in [6, 6.07) is 0. The molecule has 0 amide bonds. The van der Waals surface area contributed by atoms with Crippen molar-refractivity contribution in [3.05, 3.63) is 12.2 Å². The van der Waals surface area contributed by atoms with Crippen molar-refractivity contribution in [2.75, 3.05) is 7.11 Å². The lowest BCUT2D eigenvalue weighted by Gasteiger charge is -2.14. The summed E-state index contributed by atoms with van der Waals surface area (Å²) in [4.78, 5) is 11.0. The van der Waals surface area contributed by atoms with Gasteiger partial charge in [0.1, 0.15) is 0 Å². The van der Waals surface area contributed by atoms with E-state index in [0.29, 0.717) is 5.57 Å². The molecule has 0 saturated heterocycles. The van der Waals surface area contributed by atoms with Crippen LogP contribution < -0.4 is 0 Å². The molecular weight excluding hydrogens is 156 g/mol. The molecule has 0 N–H and O–H groups in total. The molecule has 0 aromatic carbocycles. The van der Waals surface area contributed by atoms with Crippen LogP contribution in [0.1, 0.15) is 26.7 Å². The number of carbonyl (C=O) groups excluding carboxylic acids is 1. The number of ether oxygens (including phenoxy) is 2. The van der Waals surface area contributed by atoms with Crippen LogP contribution in [0.4, 0.5) is 0 Å². The lowest BCUT2D eigenvalue weighted by atomic mass is 10.3. The van der Waals surface area contributed by atoms with Gasteiger partial charge in [-0.3, -0.25) is 0 Å². The van der Waals surface area contributed by atoms with E-state index in [-0.39, 0.29) is 0 Å². The first-order chi connectivity index (χ1) is 5.61. The number of carbonyl (C=O) groups is 1. The van der Waals surface area contributed by atoms with E-state index in [4.69, 9.17) is 9.47 Å². The van der Waals surface area contributed by atoms with Gasteiger partial charge >= 0.3 is 5.97 Å². The highest BCUT2D eigenvalue weighted by molar-refractivity contribution is 5.86. The first-order valence-corrected chi connectivity index (χ1v) is 4.01. The molecule has 1 atom stereocenters. The maximum Gasteiger partial charge on any atom is 0.335 e. The van der Waals surface area contributed by atoms with Crippen LogP contribution in [-0.2, 0) is 14.3 Å². The van der Waals surface area contributed by atoms with E-state index in [9.17, 15) is 4.79 Å². The van der Waals surface area contributed by atoms with E-state index in [1.54, 1.807) is 6.92 Å². The first kappa shape index (κ1) is 11.2. The van der Waals surface area contributed by atoms with Crippen molar-refractivity contribution in [2.45, 2.75) is 33.0 Å². The second-order valence-corrected chi connectivity index (χ2v) is 2.64. The summed E-state index contributed by atoms with van der Waals surface area (Å²) in [6.45, 7) is 7.09. The molecular formula is C9H16O3. The summed E-state index contributed by atoms with van der Waals surface area (Å²) in [6.07, 6.45) is 1.21. The van der Waals surface area contributed by atoms with Gasteiger partial charge in [0.05, 0.1) is 0 Å². The van der Waals surface area contributed by atoms with E-state index >= 15 is 0 Å². The van der Waals surface area contributed by atoms with Gasteiger partial charge in [-0.15, -0.1) is 0 Å². The molecule has 0 heterocycles. The van der Waals surface area contributed by atoms with Crippen LogP contribution in [-0.4, -0.2) is 19.4 Å². The fourth-order valence-electron chi connectivity index (χ4n) is 0.681. The Hall–Kier alpha value is -0.830. The minimum absolute atomic E-state index is 0.393. The van der Waals surface area contributed by atoms with E-state index in [1.165, 1.54) is 7.11 Å². The van der Waals surface area contributed by atoms with Crippen LogP contribution in [0.25, 0.3) is 0 Å². The average Bonchev–Trinajstić information content (AvgIpc) is 2.03. The molecule has 0 aromatic rings. The van der Waals surface area contributed by atoms with E-state index in [0.717, 1.165) is 12.8 Å². The molecule has 0 radical (unpaired) electrons. The lowest BCUT2D eigenvalue weighted by Crippen LogP contribution is -2.20. The monoisotopic (exact) mass is 172 g/mol. The molecule has 0 aliphatic heterocycles. The highest BCUT2D eigenvalue weighted by atomic mass is 16.7. The molecule has 0 rings (SSSR count). The molecule has 0 aliphatic carbocycles. The topological polar surface area (TPSA) is 35.5 Å². The van der Waals surface area contributed by atoms with Crippen molar-refractivity contribution in [2.24, 2.45) is 0 Å². The van der Waals surface area contributed by atoms with Crippen molar-refractivity contribution in [1.29, 1.82) is 0 Å². The third kappa shape index (κ3) is 4.13. The maximum absolute atomic E-state index is 11.0. The fourth-order valence-corrected chi connectivity index (χ4v) is 0.681. The first-order valence-electron chi connectivity index (χ1n) is 4.01. The summed E-state index contributed by atoms with van der Waals surface area (Å²) in [5.41, 5.74) is 0.396. The number of hydrogen-bond acceptors (Lipinski definition) is 3. The van der Waals surface area contributed by atoms with Crippen LogP contribution >= 0.6 is 0 Å². The zero-order valence-corrected chi connectivity index (χ0v) is 7.92. The molecule has 0 aromatic heterocycles. The third-order valence-corrected chi connectivity index (χ3v) is 1.37. The molecule has 0 saturated carbocycles. The van der Waals surface area contributed by atoms with Crippen molar-refractivity contribution in [3.63, 3.8) is 0 Å². The van der Waals surface area contributed by atoms with Gasteiger partial charge < -0.3 is 9.47 Å². The van der Waals surface area contributed by atoms with Gasteiger partial charge in [0.25, 0.3) is 0 Å². The van der Waals surface area contributed by atoms with E-state index < -0.39 is 12.3 Å². The summed E-state index contributed by atoms with van der Waals surface area (Å²) in [5, 5.41) is 0. The predicted molar refractivity (Wildman–Crippen MR) is 46.6 cm³/mol. The fraction of sp³-hybridized carbons (Fsp3) is 0.667. The Balaban J connectivity index is 3.85. The van der Waals surface area contributed by atoms with Crippen molar-refractivity contribution in [3.8, 4) is 0 Å².